The first-order valence-corrected chi connectivity index (χ1v) is 10.0. The Hall–Kier alpha value is -3.29. The van der Waals surface area contributed by atoms with Crippen LogP contribution >= 0.6 is 0 Å². The molecule has 4 rings (SSSR count). The van der Waals surface area contributed by atoms with E-state index in [2.05, 4.69) is 38.4 Å². The van der Waals surface area contributed by atoms with E-state index in [4.69, 9.17) is 4.74 Å². The van der Waals surface area contributed by atoms with E-state index < -0.39 is 0 Å². The number of benzene rings is 1. The van der Waals surface area contributed by atoms with Crippen molar-refractivity contribution < 1.29 is 9.53 Å². The number of nitrogens with one attached hydrogen (secondary N) is 2. The minimum absolute atomic E-state index is 0.183. The van der Waals surface area contributed by atoms with E-state index in [0.717, 1.165) is 60.8 Å². The molecule has 1 aliphatic heterocycles. The molecule has 1 aromatic carbocycles. The standard InChI is InChI=1S/C23H25N5O2/c1-17-12-21(4-2-19(17)16-28-8-10-30-11-9-28)27-23(29)5-3-18-13-24-7-6-22(18)20-14-25-26-15-20/h2-7,12-15H,8-11,16H2,1H3,(H,25,26)(H,27,29)/b5-3+. The number of pyridine rings is 1. The molecule has 0 atom stereocenters. The average Bonchev–Trinajstić information content (AvgIpc) is 3.30. The molecule has 7 nitrogen and oxygen atoms in total. The Morgan fingerprint density at radius 1 is 1.27 bits per heavy atom. The second-order valence-electron chi connectivity index (χ2n) is 7.30. The van der Waals surface area contributed by atoms with E-state index in [9.17, 15) is 4.79 Å². The van der Waals surface area contributed by atoms with Crippen molar-refractivity contribution in [1.29, 1.82) is 0 Å². The maximum absolute atomic E-state index is 12.4. The van der Waals surface area contributed by atoms with Crippen molar-refractivity contribution in [1.82, 2.24) is 20.1 Å². The third-order valence-corrected chi connectivity index (χ3v) is 5.18. The van der Waals surface area contributed by atoms with E-state index >= 15 is 0 Å². The van der Waals surface area contributed by atoms with Crippen molar-refractivity contribution in [3.8, 4) is 11.1 Å². The Labute approximate surface area is 175 Å². The molecule has 3 aromatic rings. The molecule has 154 valence electrons. The molecule has 1 fully saturated rings. The highest BCUT2D eigenvalue weighted by atomic mass is 16.5. The maximum Gasteiger partial charge on any atom is 0.248 e. The molecule has 0 saturated carbocycles. The van der Waals surface area contributed by atoms with Gasteiger partial charge in [-0.3, -0.25) is 19.8 Å². The third kappa shape index (κ3) is 5.00. The third-order valence-electron chi connectivity index (χ3n) is 5.18. The minimum Gasteiger partial charge on any atom is -0.379 e. The number of ether oxygens (including phenoxy) is 1. The van der Waals surface area contributed by atoms with Crippen molar-refractivity contribution in [3.05, 3.63) is 71.8 Å². The molecule has 30 heavy (non-hydrogen) atoms. The summed E-state index contributed by atoms with van der Waals surface area (Å²) in [4.78, 5) is 19.0. The molecule has 0 unspecified atom stereocenters. The van der Waals surface area contributed by atoms with Gasteiger partial charge in [-0.1, -0.05) is 6.07 Å². The van der Waals surface area contributed by atoms with Gasteiger partial charge in [-0.15, -0.1) is 0 Å². The van der Waals surface area contributed by atoms with Gasteiger partial charge < -0.3 is 10.1 Å². The van der Waals surface area contributed by atoms with Crippen molar-refractivity contribution in [2.24, 2.45) is 0 Å². The SMILES string of the molecule is Cc1cc(NC(=O)/C=C/c2cnccc2-c2cn[nH]c2)ccc1CN1CCOCC1. The van der Waals surface area contributed by atoms with Crippen molar-refractivity contribution in [2.75, 3.05) is 31.6 Å². The minimum atomic E-state index is -0.183. The van der Waals surface area contributed by atoms with Gasteiger partial charge in [0.25, 0.3) is 0 Å². The number of hydrogen-bond acceptors (Lipinski definition) is 5. The zero-order chi connectivity index (χ0) is 20.8. The number of amides is 1. The fourth-order valence-electron chi connectivity index (χ4n) is 3.50. The number of aryl methyl sites for hydroxylation is 1. The van der Waals surface area contributed by atoms with Crippen LogP contribution in [-0.2, 0) is 16.1 Å². The quantitative estimate of drug-likeness (QED) is 0.617. The van der Waals surface area contributed by atoms with Gasteiger partial charge >= 0.3 is 0 Å². The van der Waals surface area contributed by atoms with Crippen LogP contribution in [0, 0.1) is 6.92 Å². The number of H-pyrrole nitrogens is 1. The van der Waals surface area contributed by atoms with Crippen molar-refractivity contribution in [2.45, 2.75) is 13.5 Å². The van der Waals surface area contributed by atoms with Crippen LogP contribution < -0.4 is 5.32 Å². The van der Waals surface area contributed by atoms with E-state index in [1.54, 1.807) is 24.7 Å². The molecular weight excluding hydrogens is 378 g/mol. The number of nitrogens with zero attached hydrogens (tertiary/aromatic N) is 3. The first kappa shape index (κ1) is 20.0. The number of carbonyl (C=O) groups excluding carboxylic acids is 1. The highest BCUT2D eigenvalue weighted by Gasteiger charge is 2.12. The van der Waals surface area contributed by atoms with Gasteiger partial charge in [0.15, 0.2) is 0 Å². The fraction of sp³-hybridized carbons (Fsp3) is 0.261. The number of rotatable bonds is 6. The molecule has 0 radical (unpaired) electrons. The summed E-state index contributed by atoms with van der Waals surface area (Å²) in [5.41, 5.74) is 5.98. The normalized spacial score (nSPS) is 14.8. The first-order chi connectivity index (χ1) is 14.7. The molecule has 2 aromatic heterocycles. The molecule has 0 aliphatic carbocycles. The summed E-state index contributed by atoms with van der Waals surface area (Å²) in [5, 5.41) is 9.73. The van der Waals surface area contributed by atoms with Gasteiger partial charge in [0.2, 0.25) is 5.91 Å². The Balaban J connectivity index is 1.40. The maximum atomic E-state index is 12.4. The lowest BCUT2D eigenvalue weighted by Gasteiger charge is -2.27. The lowest BCUT2D eigenvalue weighted by molar-refractivity contribution is -0.111. The number of carbonyl (C=O) groups is 1. The number of hydrogen-bond donors (Lipinski definition) is 2. The lowest BCUT2D eigenvalue weighted by atomic mass is 10.0. The van der Waals surface area contributed by atoms with Crippen LogP contribution in [0.5, 0.6) is 0 Å². The smallest absolute Gasteiger partial charge is 0.248 e. The largest absolute Gasteiger partial charge is 0.379 e. The predicted molar refractivity (Wildman–Crippen MR) is 117 cm³/mol. The summed E-state index contributed by atoms with van der Waals surface area (Å²) in [6.07, 6.45) is 10.3. The Morgan fingerprint density at radius 2 is 2.13 bits per heavy atom. The van der Waals surface area contributed by atoms with E-state index in [-0.39, 0.29) is 5.91 Å². The van der Waals surface area contributed by atoms with Crippen LogP contribution in [-0.4, -0.2) is 52.3 Å². The van der Waals surface area contributed by atoms with E-state index in [0.29, 0.717) is 0 Å². The molecule has 7 heteroatoms. The summed E-state index contributed by atoms with van der Waals surface area (Å²) in [6, 6.07) is 7.96. The van der Waals surface area contributed by atoms with Crippen LogP contribution in [0.15, 0.2) is 55.1 Å². The summed E-state index contributed by atoms with van der Waals surface area (Å²) in [7, 11) is 0. The molecular formula is C23H25N5O2. The molecule has 0 bridgehead atoms. The van der Waals surface area contributed by atoms with E-state index in [1.165, 1.54) is 11.6 Å². The monoisotopic (exact) mass is 403 g/mol. The summed E-state index contributed by atoms with van der Waals surface area (Å²) < 4.78 is 5.41. The van der Waals surface area contributed by atoms with Crippen LogP contribution in [0.1, 0.15) is 16.7 Å². The van der Waals surface area contributed by atoms with Crippen LogP contribution in [0.25, 0.3) is 17.2 Å². The molecule has 2 N–H and O–H groups in total. The second kappa shape index (κ2) is 9.47. The molecule has 1 amide bonds. The van der Waals surface area contributed by atoms with Gasteiger partial charge in [-0.05, 0) is 47.9 Å². The van der Waals surface area contributed by atoms with Crippen LogP contribution in [0.4, 0.5) is 5.69 Å². The van der Waals surface area contributed by atoms with Gasteiger partial charge in [0, 0.05) is 61.1 Å². The van der Waals surface area contributed by atoms with Crippen LogP contribution in [0.3, 0.4) is 0 Å². The Bertz CT molecular complexity index is 1020. The zero-order valence-electron chi connectivity index (χ0n) is 17.0. The van der Waals surface area contributed by atoms with Gasteiger partial charge in [-0.2, -0.15) is 5.10 Å². The summed E-state index contributed by atoms with van der Waals surface area (Å²) in [6.45, 7) is 6.47. The number of aromatic nitrogens is 3. The van der Waals surface area contributed by atoms with Crippen molar-refractivity contribution >= 4 is 17.7 Å². The topological polar surface area (TPSA) is 83.1 Å². The summed E-state index contributed by atoms with van der Waals surface area (Å²) in [5.74, 6) is -0.183. The van der Waals surface area contributed by atoms with Gasteiger partial charge in [0.1, 0.15) is 0 Å². The lowest BCUT2D eigenvalue weighted by Crippen LogP contribution is -2.35. The van der Waals surface area contributed by atoms with Crippen LogP contribution in [0.2, 0.25) is 0 Å². The Kier molecular flexibility index (Phi) is 6.32. The average molecular weight is 403 g/mol. The predicted octanol–water partition coefficient (Wildman–Crippen LogP) is 3.26. The zero-order valence-corrected chi connectivity index (χ0v) is 17.0. The molecule has 1 saturated heterocycles. The highest BCUT2D eigenvalue weighted by Crippen LogP contribution is 2.23. The molecule has 0 spiro atoms. The fourth-order valence-corrected chi connectivity index (χ4v) is 3.50. The summed E-state index contributed by atoms with van der Waals surface area (Å²) >= 11 is 0. The first-order valence-electron chi connectivity index (χ1n) is 10.0. The molecule has 3 heterocycles. The molecule has 1 aliphatic rings. The second-order valence-corrected chi connectivity index (χ2v) is 7.30. The number of aromatic amines is 1. The van der Waals surface area contributed by atoms with Crippen molar-refractivity contribution in [3.63, 3.8) is 0 Å². The Morgan fingerprint density at radius 3 is 2.90 bits per heavy atom. The van der Waals surface area contributed by atoms with Gasteiger partial charge in [0.05, 0.1) is 19.4 Å². The highest BCUT2D eigenvalue weighted by molar-refractivity contribution is 6.02. The number of anilines is 1. The number of morpholine rings is 1. The van der Waals surface area contributed by atoms with Gasteiger partial charge in [-0.25, -0.2) is 0 Å². The van der Waals surface area contributed by atoms with E-state index in [1.807, 2.05) is 24.4 Å².